The van der Waals surface area contributed by atoms with Crippen LogP contribution in [-0.4, -0.2) is 20.1 Å². The van der Waals surface area contributed by atoms with Gasteiger partial charge >= 0.3 is 0 Å². The molecule has 142 valence electrons. The Bertz CT molecular complexity index is 879. The van der Waals surface area contributed by atoms with Crippen molar-refractivity contribution in [2.24, 2.45) is 0 Å². The highest BCUT2D eigenvalue weighted by molar-refractivity contribution is 7.99. The monoisotopic (exact) mass is 421 g/mol. The number of aliphatic hydroxyl groups excluding tert-OH is 1. The first-order chi connectivity index (χ1) is 12.9. The van der Waals surface area contributed by atoms with Crippen molar-refractivity contribution in [2.75, 3.05) is 0 Å². The number of aromatic amines is 1. The van der Waals surface area contributed by atoms with Gasteiger partial charge in [-0.2, -0.15) is 0 Å². The summed E-state index contributed by atoms with van der Waals surface area (Å²) < 4.78 is 0. The van der Waals surface area contributed by atoms with Gasteiger partial charge in [-0.25, -0.2) is 4.98 Å². The van der Waals surface area contributed by atoms with Gasteiger partial charge in [-0.05, 0) is 54.7 Å². The minimum atomic E-state index is -0.659. The molecule has 0 saturated carbocycles. The van der Waals surface area contributed by atoms with Gasteiger partial charge in [-0.15, -0.1) is 0 Å². The number of nitrogens with one attached hydrogen (secondary N) is 1. The molecular weight excluding hydrogens is 401 g/mol. The van der Waals surface area contributed by atoms with Crippen molar-refractivity contribution in [3.63, 3.8) is 0 Å². The van der Waals surface area contributed by atoms with Gasteiger partial charge in [0.2, 0.25) is 0 Å². The summed E-state index contributed by atoms with van der Waals surface area (Å²) >= 11 is 13.7. The zero-order chi connectivity index (χ0) is 19.4. The number of pyridine rings is 1. The topological polar surface area (TPSA) is 61.8 Å². The van der Waals surface area contributed by atoms with Crippen molar-refractivity contribution in [1.29, 1.82) is 0 Å². The van der Waals surface area contributed by atoms with E-state index in [1.54, 1.807) is 18.5 Å². The van der Waals surface area contributed by atoms with Crippen LogP contribution in [0.2, 0.25) is 10.0 Å². The molecule has 0 aliphatic rings. The third kappa shape index (κ3) is 5.48. The lowest BCUT2D eigenvalue weighted by atomic mass is 10.1. The van der Waals surface area contributed by atoms with Crippen LogP contribution in [0.25, 0.3) is 0 Å². The molecule has 27 heavy (non-hydrogen) atoms. The second-order valence-electron chi connectivity index (χ2n) is 6.61. The number of rotatable bonds is 7. The standard InChI is InChI=1S/C20H21Cl2N3OS/c1-12(2)18-20(27-16-10-14(21)9-15(22)11-16)25-19(24-18)17(26)4-3-13-5-7-23-8-6-13/h5-12,17,26H,3-4H2,1-2H3,(H,24,25). The van der Waals surface area contributed by atoms with Crippen molar-refractivity contribution in [3.05, 3.63) is 69.9 Å². The molecule has 0 fully saturated rings. The first kappa shape index (κ1) is 20.2. The van der Waals surface area contributed by atoms with E-state index < -0.39 is 6.10 Å². The van der Waals surface area contributed by atoms with E-state index in [0.717, 1.165) is 27.6 Å². The fraction of sp³-hybridized carbons (Fsp3) is 0.300. The Hall–Kier alpha value is -1.53. The molecule has 2 aromatic heterocycles. The zero-order valence-corrected chi connectivity index (χ0v) is 17.4. The van der Waals surface area contributed by atoms with Crippen LogP contribution in [0, 0.1) is 0 Å². The number of benzene rings is 1. The molecule has 0 bridgehead atoms. The molecule has 4 nitrogen and oxygen atoms in total. The van der Waals surface area contributed by atoms with Crippen LogP contribution in [-0.2, 0) is 6.42 Å². The smallest absolute Gasteiger partial charge is 0.136 e. The summed E-state index contributed by atoms with van der Waals surface area (Å²) in [6.45, 7) is 4.16. The van der Waals surface area contributed by atoms with Gasteiger partial charge in [-0.3, -0.25) is 4.98 Å². The molecule has 1 unspecified atom stereocenters. The molecular formula is C20H21Cl2N3OS. The number of aromatic nitrogens is 3. The van der Waals surface area contributed by atoms with Gasteiger partial charge in [-0.1, -0.05) is 48.8 Å². The summed E-state index contributed by atoms with van der Waals surface area (Å²) in [4.78, 5) is 12.9. The van der Waals surface area contributed by atoms with Crippen molar-refractivity contribution < 1.29 is 5.11 Å². The van der Waals surface area contributed by atoms with Crippen LogP contribution in [0.3, 0.4) is 0 Å². The quantitative estimate of drug-likeness (QED) is 0.486. The molecule has 1 atom stereocenters. The Labute approximate surface area is 173 Å². The first-order valence-electron chi connectivity index (χ1n) is 8.73. The Balaban J connectivity index is 1.77. The average molecular weight is 422 g/mol. The highest BCUT2D eigenvalue weighted by Gasteiger charge is 2.19. The number of imidazole rings is 1. The number of aryl methyl sites for hydroxylation is 1. The summed E-state index contributed by atoms with van der Waals surface area (Å²) in [5.41, 5.74) is 2.07. The Kier molecular flexibility index (Phi) is 6.82. The molecule has 7 heteroatoms. The van der Waals surface area contributed by atoms with Crippen LogP contribution in [0.15, 0.2) is 52.6 Å². The second kappa shape index (κ2) is 9.11. The number of hydrogen-bond donors (Lipinski definition) is 2. The van der Waals surface area contributed by atoms with E-state index >= 15 is 0 Å². The number of aliphatic hydroxyl groups is 1. The molecule has 0 radical (unpaired) electrons. The molecule has 0 amide bonds. The molecule has 2 N–H and O–H groups in total. The molecule has 3 aromatic rings. The van der Waals surface area contributed by atoms with Crippen molar-refractivity contribution in [3.8, 4) is 0 Å². The van der Waals surface area contributed by atoms with E-state index in [1.165, 1.54) is 11.8 Å². The Morgan fingerprint density at radius 3 is 2.41 bits per heavy atom. The predicted molar refractivity (Wildman–Crippen MR) is 111 cm³/mol. The lowest BCUT2D eigenvalue weighted by molar-refractivity contribution is 0.158. The van der Waals surface area contributed by atoms with Crippen LogP contribution >= 0.6 is 35.0 Å². The van der Waals surface area contributed by atoms with Gasteiger partial charge in [0.05, 0.1) is 5.69 Å². The van der Waals surface area contributed by atoms with E-state index in [-0.39, 0.29) is 5.92 Å². The minimum absolute atomic E-state index is 0.222. The van der Waals surface area contributed by atoms with E-state index in [4.69, 9.17) is 23.2 Å². The maximum atomic E-state index is 10.6. The summed E-state index contributed by atoms with van der Waals surface area (Å²) in [5.74, 6) is 0.808. The number of hydrogen-bond acceptors (Lipinski definition) is 4. The third-order valence-electron chi connectivity index (χ3n) is 4.09. The van der Waals surface area contributed by atoms with E-state index in [0.29, 0.717) is 22.3 Å². The third-order valence-corrected chi connectivity index (χ3v) is 5.51. The summed E-state index contributed by atoms with van der Waals surface area (Å²) in [5, 5.41) is 12.7. The molecule has 3 rings (SSSR count). The average Bonchev–Trinajstić information content (AvgIpc) is 3.04. The highest BCUT2D eigenvalue weighted by Crippen LogP contribution is 2.36. The number of H-pyrrole nitrogens is 1. The minimum Gasteiger partial charge on any atom is -0.385 e. The SMILES string of the molecule is CC(C)c1nc(C(O)CCc2ccncc2)[nH]c1Sc1cc(Cl)cc(Cl)c1. The van der Waals surface area contributed by atoms with Gasteiger partial charge in [0.15, 0.2) is 0 Å². The van der Waals surface area contributed by atoms with Gasteiger partial charge < -0.3 is 10.1 Å². The lowest BCUT2D eigenvalue weighted by Crippen LogP contribution is -2.02. The van der Waals surface area contributed by atoms with Crippen LogP contribution < -0.4 is 0 Å². The predicted octanol–water partition coefficient (Wildman–Crippen LogP) is 6.05. The summed E-state index contributed by atoms with van der Waals surface area (Å²) in [6, 6.07) is 9.35. The van der Waals surface area contributed by atoms with Crippen LogP contribution in [0.5, 0.6) is 0 Å². The van der Waals surface area contributed by atoms with Crippen molar-refractivity contribution in [2.45, 2.75) is 48.6 Å². The second-order valence-corrected chi connectivity index (χ2v) is 8.56. The Morgan fingerprint density at radius 2 is 1.78 bits per heavy atom. The number of nitrogens with zero attached hydrogens (tertiary/aromatic N) is 2. The highest BCUT2D eigenvalue weighted by atomic mass is 35.5. The number of halogens is 2. The molecule has 0 saturated heterocycles. The van der Waals surface area contributed by atoms with Gasteiger partial charge in [0, 0.05) is 27.3 Å². The van der Waals surface area contributed by atoms with Crippen molar-refractivity contribution >= 4 is 35.0 Å². The van der Waals surface area contributed by atoms with E-state index in [1.807, 2.05) is 24.3 Å². The van der Waals surface area contributed by atoms with E-state index in [2.05, 4.69) is 28.8 Å². The zero-order valence-electron chi connectivity index (χ0n) is 15.1. The Morgan fingerprint density at radius 1 is 1.11 bits per heavy atom. The summed E-state index contributed by atoms with van der Waals surface area (Å²) in [6.07, 6.45) is 4.20. The van der Waals surface area contributed by atoms with Gasteiger partial charge in [0.25, 0.3) is 0 Å². The molecule has 0 aliphatic heterocycles. The molecule has 0 spiro atoms. The van der Waals surface area contributed by atoms with E-state index in [9.17, 15) is 5.11 Å². The van der Waals surface area contributed by atoms with Crippen LogP contribution in [0.1, 0.15) is 49.4 Å². The van der Waals surface area contributed by atoms with Crippen LogP contribution in [0.4, 0.5) is 0 Å². The fourth-order valence-corrected chi connectivity index (χ4v) is 4.52. The normalized spacial score (nSPS) is 12.5. The molecule has 1 aromatic carbocycles. The fourth-order valence-electron chi connectivity index (χ4n) is 2.71. The van der Waals surface area contributed by atoms with Crippen molar-refractivity contribution in [1.82, 2.24) is 15.0 Å². The van der Waals surface area contributed by atoms with Gasteiger partial charge in [0.1, 0.15) is 17.0 Å². The largest absolute Gasteiger partial charge is 0.385 e. The maximum absolute atomic E-state index is 10.6. The molecule has 0 aliphatic carbocycles. The maximum Gasteiger partial charge on any atom is 0.136 e. The summed E-state index contributed by atoms with van der Waals surface area (Å²) in [7, 11) is 0. The lowest BCUT2D eigenvalue weighted by Gasteiger charge is -2.07. The first-order valence-corrected chi connectivity index (χ1v) is 10.3. The molecule has 2 heterocycles.